The zero-order chi connectivity index (χ0) is 19.2. The second-order valence-electron chi connectivity index (χ2n) is 6.63. The zero-order valence-corrected chi connectivity index (χ0v) is 15.8. The molecule has 0 amide bonds. The Morgan fingerprint density at radius 2 is 1.39 bits per heavy atom. The predicted octanol–water partition coefficient (Wildman–Crippen LogP) is 5.06. The van der Waals surface area contributed by atoms with E-state index in [4.69, 9.17) is 9.47 Å². The topological polar surface area (TPSA) is 44.2 Å². The van der Waals surface area contributed by atoms with Crippen LogP contribution in [0.5, 0.6) is 5.75 Å². The van der Waals surface area contributed by atoms with Gasteiger partial charge in [-0.15, -0.1) is 0 Å². The van der Waals surface area contributed by atoms with E-state index >= 15 is 0 Å². The Labute approximate surface area is 164 Å². The molecule has 0 saturated heterocycles. The highest BCUT2D eigenvalue weighted by Crippen LogP contribution is 2.23. The minimum absolute atomic E-state index is 0.543. The second-order valence-corrected chi connectivity index (χ2v) is 6.63. The van der Waals surface area contributed by atoms with Crippen LogP contribution in [0, 0.1) is 0 Å². The van der Waals surface area contributed by atoms with E-state index in [0.29, 0.717) is 6.61 Å². The maximum Gasteiger partial charge on any atom is 0.119 e. The average Bonchev–Trinajstić information content (AvgIpc) is 2.77. The van der Waals surface area contributed by atoms with Crippen molar-refractivity contribution >= 4 is 11.0 Å². The van der Waals surface area contributed by atoms with Crippen molar-refractivity contribution in [2.24, 2.45) is 0 Å². The Balaban J connectivity index is 1.40. The molecule has 0 aliphatic rings. The van der Waals surface area contributed by atoms with Gasteiger partial charge in [0.1, 0.15) is 12.4 Å². The first-order valence-corrected chi connectivity index (χ1v) is 9.32. The maximum absolute atomic E-state index is 5.91. The fourth-order valence-electron chi connectivity index (χ4n) is 3.08. The summed E-state index contributed by atoms with van der Waals surface area (Å²) in [6.07, 6.45) is 4.35. The number of hydrogen-bond donors (Lipinski definition) is 0. The van der Waals surface area contributed by atoms with Gasteiger partial charge in [-0.3, -0.25) is 9.97 Å². The van der Waals surface area contributed by atoms with Gasteiger partial charge in [0.25, 0.3) is 0 Å². The van der Waals surface area contributed by atoms with E-state index in [1.54, 1.807) is 19.5 Å². The zero-order valence-electron chi connectivity index (χ0n) is 15.8. The molecule has 4 aromatic rings. The van der Waals surface area contributed by atoms with E-state index in [0.717, 1.165) is 46.5 Å². The Kier molecular flexibility index (Phi) is 5.59. The number of benzene rings is 3. The van der Waals surface area contributed by atoms with Crippen molar-refractivity contribution in [1.82, 2.24) is 9.97 Å². The summed E-state index contributed by atoms with van der Waals surface area (Å²) >= 11 is 0. The van der Waals surface area contributed by atoms with Crippen LogP contribution in [-0.2, 0) is 17.8 Å². The van der Waals surface area contributed by atoms with Crippen molar-refractivity contribution in [2.45, 2.75) is 13.0 Å². The predicted molar refractivity (Wildman–Crippen MR) is 111 cm³/mol. The van der Waals surface area contributed by atoms with Crippen molar-refractivity contribution in [1.29, 1.82) is 0 Å². The number of nitrogens with zero attached hydrogens (tertiary/aromatic N) is 2. The average molecular weight is 370 g/mol. The van der Waals surface area contributed by atoms with Crippen LogP contribution in [0.4, 0.5) is 0 Å². The number of fused-ring (bicyclic) bond motifs is 1. The molecule has 1 aromatic heterocycles. The normalized spacial score (nSPS) is 10.9. The summed E-state index contributed by atoms with van der Waals surface area (Å²) in [5.41, 5.74) is 6.48. The molecule has 4 nitrogen and oxygen atoms in total. The number of aromatic nitrogens is 2. The van der Waals surface area contributed by atoms with Crippen molar-refractivity contribution in [2.75, 3.05) is 13.7 Å². The molecular formula is C24H22N2O2. The van der Waals surface area contributed by atoms with E-state index in [-0.39, 0.29) is 0 Å². The van der Waals surface area contributed by atoms with Crippen LogP contribution >= 0.6 is 0 Å². The highest BCUT2D eigenvalue weighted by molar-refractivity contribution is 5.81. The minimum atomic E-state index is 0.543. The molecular weight excluding hydrogens is 348 g/mol. The smallest absolute Gasteiger partial charge is 0.119 e. The van der Waals surface area contributed by atoms with Crippen molar-refractivity contribution in [3.63, 3.8) is 0 Å². The lowest BCUT2D eigenvalue weighted by molar-refractivity contribution is 0.202. The van der Waals surface area contributed by atoms with E-state index in [2.05, 4.69) is 58.5 Å². The van der Waals surface area contributed by atoms with Crippen LogP contribution in [0.25, 0.3) is 22.2 Å². The molecule has 4 rings (SSSR count). The second kappa shape index (κ2) is 8.63. The highest BCUT2D eigenvalue weighted by atomic mass is 16.5. The summed E-state index contributed by atoms with van der Waals surface area (Å²) in [7, 11) is 1.72. The fraction of sp³-hybridized carbons (Fsp3) is 0.167. The number of hydrogen-bond acceptors (Lipinski definition) is 4. The first-order valence-electron chi connectivity index (χ1n) is 9.32. The van der Waals surface area contributed by atoms with Gasteiger partial charge in [-0.25, -0.2) is 0 Å². The molecule has 0 radical (unpaired) electrons. The molecule has 0 spiro atoms. The molecule has 0 atom stereocenters. The van der Waals surface area contributed by atoms with Crippen LogP contribution in [-0.4, -0.2) is 23.7 Å². The molecule has 0 bridgehead atoms. The molecule has 0 unspecified atom stereocenters. The summed E-state index contributed by atoms with van der Waals surface area (Å²) in [4.78, 5) is 8.70. The Morgan fingerprint density at radius 3 is 2.14 bits per heavy atom. The standard InChI is InChI=1S/C24H22N2O2/c1-27-15-12-18-4-9-22(10-5-18)28-17-19-2-6-20(7-3-19)21-8-11-23-24(16-21)26-14-13-25-23/h2-11,13-14,16H,12,15,17H2,1H3. The largest absolute Gasteiger partial charge is 0.489 e. The molecule has 0 aliphatic carbocycles. The third-order valence-electron chi connectivity index (χ3n) is 4.68. The third kappa shape index (κ3) is 4.35. The van der Waals surface area contributed by atoms with Gasteiger partial charge in [0.15, 0.2) is 0 Å². The van der Waals surface area contributed by atoms with Gasteiger partial charge in [0, 0.05) is 19.5 Å². The van der Waals surface area contributed by atoms with Gasteiger partial charge < -0.3 is 9.47 Å². The van der Waals surface area contributed by atoms with E-state index < -0.39 is 0 Å². The quantitative estimate of drug-likeness (QED) is 0.456. The first kappa shape index (κ1) is 18.1. The fourth-order valence-corrected chi connectivity index (χ4v) is 3.08. The van der Waals surface area contributed by atoms with E-state index in [1.807, 2.05) is 18.2 Å². The highest BCUT2D eigenvalue weighted by Gasteiger charge is 2.03. The Bertz CT molecular complexity index is 1040. The summed E-state index contributed by atoms with van der Waals surface area (Å²) in [6.45, 7) is 1.28. The lowest BCUT2D eigenvalue weighted by Crippen LogP contribution is -1.97. The Morgan fingerprint density at radius 1 is 0.714 bits per heavy atom. The minimum Gasteiger partial charge on any atom is -0.489 e. The van der Waals surface area contributed by atoms with Crippen LogP contribution < -0.4 is 4.74 Å². The SMILES string of the molecule is COCCc1ccc(OCc2ccc(-c3ccc4nccnc4c3)cc2)cc1. The first-order chi connectivity index (χ1) is 13.8. The van der Waals surface area contributed by atoms with Crippen LogP contribution in [0.1, 0.15) is 11.1 Å². The van der Waals surface area contributed by atoms with Crippen LogP contribution in [0.3, 0.4) is 0 Å². The number of ether oxygens (including phenoxy) is 2. The van der Waals surface area contributed by atoms with Gasteiger partial charge in [-0.1, -0.05) is 42.5 Å². The van der Waals surface area contributed by atoms with Crippen molar-refractivity contribution in [3.05, 3.63) is 90.3 Å². The molecule has 4 heteroatoms. The molecule has 3 aromatic carbocycles. The molecule has 0 N–H and O–H groups in total. The summed E-state index contributed by atoms with van der Waals surface area (Å²) in [6, 6.07) is 22.8. The third-order valence-corrected chi connectivity index (χ3v) is 4.68. The summed E-state index contributed by atoms with van der Waals surface area (Å²) in [5.74, 6) is 0.873. The number of rotatable bonds is 7. The Hall–Kier alpha value is -3.24. The molecule has 1 heterocycles. The molecule has 0 saturated carbocycles. The van der Waals surface area contributed by atoms with Gasteiger partial charge in [0.05, 0.1) is 17.6 Å². The number of methoxy groups -OCH3 is 1. The van der Waals surface area contributed by atoms with E-state index in [9.17, 15) is 0 Å². The molecule has 0 fully saturated rings. The molecule has 140 valence electrons. The van der Waals surface area contributed by atoms with Gasteiger partial charge in [-0.2, -0.15) is 0 Å². The lowest BCUT2D eigenvalue weighted by atomic mass is 10.0. The maximum atomic E-state index is 5.91. The van der Waals surface area contributed by atoms with Gasteiger partial charge >= 0.3 is 0 Å². The van der Waals surface area contributed by atoms with Gasteiger partial charge in [0.2, 0.25) is 0 Å². The molecule has 0 aliphatic heterocycles. The van der Waals surface area contributed by atoms with Crippen LogP contribution in [0.2, 0.25) is 0 Å². The monoisotopic (exact) mass is 370 g/mol. The lowest BCUT2D eigenvalue weighted by Gasteiger charge is -2.09. The summed E-state index contributed by atoms with van der Waals surface area (Å²) < 4.78 is 11.0. The molecule has 28 heavy (non-hydrogen) atoms. The van der Waals surface area contributed by atoms with E-state index in [1.165, 1.54) is 5.56 Å². The van der Waals surface area contributed by atoms with Gasteiger partial charge in [-0.05, 0) is 52.9 Å². The van der Waals surface area contributed by atoms with Crippen molar-refractivity contribution < 1.29 is 9.47 Å². The van der Waals surface area contributed by atoms with Crippen molar-refractivity contribution in [3.8, 4) is 16.9 Å². The van der Waals surface area contributed by atoms with Crippen LogP contribution in [0.15, 0.2) is 79.1 Å². The summed E-state index contributed by atoms with van der Waals surface area (Å²) in [5, 5.41) is 0.